The molecule has 0 atom stereocenters. The molecular formula is C22H20F2N6O2. The summed E-state index contributed by atoms with van der Waals surface area (Å²) < 4.78 is 32.3. The Hall–Kier alpha value is -3.66. The van der Waals surface area contributed by atoms with Gasteiger partial charge in [0, 0.05) is 36.7 Å². The fraction of sp³-hybridized carbons (Fsp3) is 0.273. The van der Waals surface area contributed by atoms with E-state index in [1.807, 2.05) is 43.6 Å². The van der Waals surface area contributed by atoms with Gasteiger partial charge < -0.3 is 18.6 Å². The van der Waals surface area contributed by atoms with Gasteiger partial charge in [-0.05, 0) is 31.3 Å². The van der Waals surface area contributed by atoms with Gasteiger partial charge in [0.25, 0.3) is 5.89 Å². The zero-order chi connectivity index (χ0) is 22.2. The maximum absolute atomic E-state index is 13.2. The molecule has 0 aliphatic carbocycles. The first kappa shape index (κ1) is 20.3. The number of hydrogen-bond acceptors (Lipinski definition) is 6. The van der Waals surface area contributed by atoms with Crippen LogP contribution in [0.3, 0.4) is 0 Å². The highest BCUT2D eigenvalue weighted by molar-refractivity contribution is 5.95. The Balaban J connectivity index is 1.42. The predicted molar refractivity (Wildman–Crippen MR) is 112 cm³/mol. The van der Waals surface area contributed by atoms with Gasteiger partial charge in [0.2, 0.25) is 11.8 Å². The van der Waals surface area contributed by atoms with Crippen molar-refractivity contribution in [2.45, 2.75) is 13.0 Å². The smallest absolute Gasteiger partial charge is 0.314 e. The number of rotatable bonds is 6. The molecule has 0 saturated carbocycles. The van der Waals surface area contributed by atoms with Crippen LogP contribution in [0.5, 0.6) is 0 Å². The largest absolute Gasteiger partial charge is 0.415 e. The number of alkyl halides is 2. The molecule has 0 radical (unpaired) electrons. The maximum Gasteiger partial charge on any atom is 0.314 e. The van der Waals surface area contributed by atoms with Crippen molar-refractivity contribution in [2.75, 3.05) is 25.0 Å². The van der Waals surface area contributed by atoms with Crippen molar-refractivity contribution < 1.29 is 18.0 Å². The summed E-state index contributed by atoms with van der Waals surface area (Å²) in [5.41, 5.74) is 2.58. The van der Waals surface area contributed by atoms with Crippen LogP contribution in [-0.4, -0.2) is 50.5 Å². The number of likely N-dealkylation sites (tertiary alicyclic amines) is 1. The van der Waals surface area contributed by atoms with Gasteiger partial charge in [0.1, 0.15) is 5.65 Å². The van der Waals surface area contributed by atoms with E-state index in [0.29, 0.717) is 23.4 Å². The van der Waals surface area contributed by atoms with Gasteiger partial charge in [-0.1, -0.05) is 18.2 Å². The van der Waals surface area contributed by atoms with Gasteiger partial charge in [0.15, 0.2) is 0 Å². The fourth-order valence-corrected chi connectivity index (χ4v) is 3.82. The highest BCUT2D eigenvalue weighted by Gasteiger charge is 2.34. The Labute approximate surface area is 182 Å². The molecule has 164 valence electrons. The van der Waals surface area contributed by atoms with Crippen LogP contribution >= 0.6 is 0 Å². The summed E-state index contributed by atoms with van der Waals surface area (Å²) in [5, 5.41) is 7.05. The minimum absolute atomic E-state index is 0.00235. The molecule has 0 N–H and O–H groups in total. The fourth-order valence-electron chi connectivity index (χ4n) is 3.82. The van der Waals surface area contributed by atoms with Gasteiger partial charge in [-0.15, -0.1) is 10.2 Å². The van der Waals surface area contributed by atoms with Gasteiger partial charge in [0.05, 0.1) is 18.2 Å². The highest BCUT2D eigenvalue weighted by Crippen LogP contribution is 2.26. The SMILES string of the molecule is CN1CC(C(=O)N(Cc2cn3ccc(-c4nnc(C(F)F)o4)cc3n2)c2ccccc2)C1. The summed E-state index contributed by atoms with van der Waals surface area (Å²) in [7, 11) is 1.99. The predicted octanol–water partition coefficient (Wildman–Crippen LogP) is 3.42. The number of imidazole rings is 1. The van der Waals surface area contributed by atoms with Crippen molar-refractivity contribution in [3.05, 3.63) is 66.4 Å². The minimum Gasteiger partial charge on any atom is -0.415 e. The number of carbonyl (C=O) groups excluding carboxylic acids is 1. The molecule has 1 amide bonds. The molecule has 0 unspecified atom stereocenters. The van der Waals surface area contributed by atoms with E-state index in [1.165, 1.54) is 0 Å². The van der Waals surface area contributed by atoms with Gasteiger partial charge in [-0.3, -0.25) is 4.79 Å². The number of para-hydroxylation sites is 1. The molecule has 1 aromatic carbocycles. The normalized spacial score (nSPS) is 14.8. The van der Waals surface area contributed by atoms with Crippen LogP contribution < -0.4 is 4.90 Å². The van der Waals surface area contributed by atoms with Crippen molar-refractivity contribution in [3.8, 4) is 11.5 Å². The molecule has 1 aliphatic rings. The van der Waals surface area contributed by atoms with E-state index in [4.69, 9.17) is 4.42 Å². The van der Waals surface area contributed by atoms with Gasteiger partial charge in [-0.2, -0.15) is 8.78 Å². The zero-order valence-corrected chi connectivity index (χ0v) is 17.2. The third-order valence-corrected chi connectivity index (χ3v) is 5.45. The molecule has 1 saturated heterocycles. The molecule has 0 bridgehead atoms. The number of nitrogens with zero attached hydrogens (tertiary/aromatic N) is 6. The summed E-state index contributed by atoms with van der Waals surface area (Å²) in [6, 6.07) is 12.9. The third kappa shape index (κ3) is 3.84. The Morgan fingerprint density at radius 1 is 1.22 bits per heavy atom. The molecule has 4 aromatic rings. The number of anilines is 1. The second kappa shape index (κ2) is 8.12. The molecular weight excluding hydrogens is 418 g/mol. The van der Waals surface area contributed by atoms with Crippen LogP contribution in [0.25, 0.3) is 17.1 Å². The summed E-state index contributed by atoms with van der Waals surface area (Å²) in [6.45, 7) is 1.79. The first-order chi connectivity index (χ1) is 15.5. The molecule has 1 aliphatic heterocycles. The summed E-state index contributed by atoms with van der Waals surface area (Å²) in [5.74, 6) is -0.687. The standard InChI is InChI=1S/C22H20F2N6O2/c1-28-10-15(11-28)22(31)30(17-5-3-2-4-6-17)13-16-12-29-8-7-14(9-18(29)25-16)20-26-27-21(32-20)19(23)24/h2-9,12,15,19H,10-11,13H2,1H3. The van der Waals surface area contributed by atoms with Gasteiger partial charge >= 0.3 is 6.43 Å². The Morgan fingerprint density at radius 2 is 2.00 bits per heavy atom. The number of fused-ring (bicyclic) bond motifs is 1. The number of carbonyl (C=O) groups is 1. The van der Waals surface area contributed by atoms with E-state index in [9.17, 15) is 13.6 Å². The van der Waals surface area contributed by atoms with Crippen molar-refractivity contribution in [3.63, 3.8) is 0 Å². The first-order valence-electron chi connectivity index (χ1n) is 10.1. The molecule has 0 spiro atoms. The lowest BCUT2D eigenvalue weighted by Crippen LogP contribution is -2.52. The van der Waals surface area contributed by atoms with Crippen LogP contribution in [0.15, 0.2) is 59.3 Å². The van der Waals surface area contributed by atoms with Crippen molar-refractivity contribution in [1.29, 1.82) is 0 Å². The Morgan fingerprint density at radius 3 is 2.69 bits per heavy atom. The lowest BCUT2D eigenvalue weighted by molar-refractivity contribution is -0.127. The zero-order valence-electron chi connectivity index (χ0n) is 17.2. The summed E-state index contributed by atoms with van der Waals surface area (Å²) >= 11 is 0. The van der Waals surface area contributed by atoms with Crippen LogP contribution in [0.2, 0.25) is 0 Å². The molecule has 4 heterocycles. The lowest BCUT2D eigenvalue weighted by atomic mass is 9.99. The van der Waals surface area contributed by atoms with Crippen LogP contribution in [0, 0.1) is 5.92 Å². The number of amides is 1. The Kier molecular flexibility index (Phi) is 5.14. The summed E-state index contributed by atoms with van der Waals surface area (Å²) in [4.78, 5) is 21.7. The molecule has 8 nitrogen and oxygen atoms in total. The maximum atomic E-state index is 13.2. The van der Waals surface area contributed by atoms with E-state index in [-0.39, 0.29) is 17.7 Å². The second-order valence-electron chi connectivity index (χ2n) is 7.84. The van der Waals surface area contributed by atoms with E-state index < -0.39 is 12.3 Å². The molecule has 3 aromatic heterocycles. The van der Waals surface area contributed by atoms with Crippen LogP contribution in [-0.2, 0) is 11.3 Å². The first-order valence-corrected chi connectivity index (χ1v) is 10.1. The topological polar surface area (TPSA) is 79.8 Å². The van der Waals surface area contributed by atoms with E-state index in [1.54, 1.807) is 27.6 Å². The second-order valence-corrected chi connectivity index (χ2v) is 7.84. The van der Waals surface area contributed by atoms with Crippen LogP contribution in [0.4, 0.5) is 14.5 Å². The molecule has 10 heteroatoms. The Bertz CT molecular complexity index is 1250. The van der Waals surface area contributed by atoms with E-state index >= 15 is 0 Å². The minimum atomic E-state index is -2.82. The average molecular weight is 438 g/mol. The number of pyridine rings is 1. The summed E-state index contributed by atoms with van der Waals surface area (Å²) in [6.07, 6.45) is 0.756. The highest BCUT2D eigenvalue weighted by atomic mass is 19.3. The molecule has 5 rings (SSSR count). The molecule has 32 heavy (non-hydrogen) atoms. The van der Waals surface area contributed by atoms with Gasteiger partial charge in [-0.25, -0.2) is 4.98 Å². The number of benzene rings is 1. The number of halogens is 2. The number of aromatic nitrogens is 4. The van der Waals surface area contributed by atoms with Crippen molar-refractivity contribution in [1.82, 2.24) is 24.5 Å². The van der Waals surface area contributed by atoms with E-state index in [0.717, 1.165) is 18.8 Å². The monoisotopic (exact) mass is 438 g/mol. The average Bonchev–Trinajstić information content (AvgIpc) is 3.42. The number of hydrogen-bond donors (Lipinski definition) is 0. The van der Waals surface area contributed by atoms with Crippen molar-refractivity contribution in [2.24, 2.45) is 5.92 Å². The van der Waals surface area contributed by atoms with Crippen LogP contribution in [0.1, 0.15) is 18.0 Å². The van der Waals surface area contributed by atoms with E-state index in [2.05, 4.69) is 20.1 Å². The lowest BCUT2D eigenvalue weighted by Gasteiger charge is -2.38. The molecule has 1 fully saturated rings. The van der Waals surface area contributed by atoms with Crippen molar-refractivity contribution >= 4 is 17.2 Å². The quantitative estimate of drug-likeness (QED) is 0.459. The third-order valence-electron chi connectivity index (χ3n) is 5.45.